The highest BCUT2D eigenvalue weighted by Crippen LogP contribution is 2.40. The first-order valence-electron chi connectivity index (χ1n) is 7.49. The molecule has 0 spiro atoms. The lowest BCUT2D eigenvalue weighted by molar-refractivity contribution is 0.431. The lowest BCUT2D eigenvalue weighted by Gasteiger charge is -2.32. The fourth-order valence-corrected chi connectivity index (χ4v) is 3.85. The summed E-state index contributed by atoms with van der Waals surface area (Å²) in [4.78, 5) is 2.44. The maximum absolute atomic E-state index is 13.5. The normalized spacial score (nSPS) is 24.3. The second-order valence-electron chi connectivity index (χ2n) is 6.11. The summed E-state index contributed by atoms with van der Waals surface area (Å²) in [5.74, 6) is 0.616. The van der Waals surface area contributed by atoms with Crippen molar-refractivity contribution in [2.45, 2.75) is 51.5 Å². The molecule has 1 saturated heterocycles. The molecule has 3 rings (SSSR count). The number of nitrogen functional groups attached to an aromatic ring is 1. The van der Waals surface area contributed by atoms with Crippen molar-refractivity contribution in [2.24, 2.45) is 5.92 Å². The molecule has 0 radical (unpaired) electrons. The number of benzene rings is 1. The molecule has 1 aromatic rings. The lowest BCUT2D eigenvalue weighted by atomic mass is 9.95. The van der Waals surface area contributed by atoms with E-state index in [0.717, 1.165) is 18.2 Å². The molecule has 3 heteroatoms. The molecule has 1 atom stereocenters. The summed E-state index contributed by atoms with van der Waals surface area (Å²) >= 11 is 0. The van der Waals surface area contributed by atoms with Crippen LogP contribution >= 0.6 is 0 Å². The first-order chi connectivity index (χ1) is 9.16. The van der Waals surface area contributed by atoms with Crippen LogP contribution in [0.5, 0.6) is 0 Å². The van der Waals surface area contributed by atoms with Gasteiger partial charge in [-0.3, -0.25) is 0 Å². The van der Waals surface area contributed by atoms with E-state index in [-0.39, 0.29) is 5.82 Å². The van der Waals surface area contributed by atoms with Crippen molar-refractivity contribution in [3.05, 3.63) is 23.5 Å². The molecule has 0 bridgehead atoms. The number of nitrogens with two attached hydrogens (primary N) is 1. The summed E-state index contributed by atoms with van der Waals surface area (Å²) in [6.45, 7) is 2.88. The van der Waals surface area contributed by atoms with Crippen LogP contribution < -0.4 is 10.6 Å². The van der Waals surface area contributed by atoms with Crippen molar-refractivity contribution >= 4 is 11.4 Å². The number of aryl methyl sites for hydroxylation is 1. The quantitative estimate of drug-likeness (QED) is 0.820. The predicted molar refractivity (Wildman–Crippen MR) is 77.9 cm³/mol. The fraction of sp³-hybridized carbons (Fsp3) is 0.625. The molecule has 2 N–H and O–H groups in total. The molecule has 1 aliphatic heterocycles. The zero-order chi connectivity index (χ0) is 13.4. The maximum Gasteiger partial charge on any atom is 0.128 e. The van der Waals surface area contributed by atoms with E-state index in [1.807, 2.05) is 13.0 Å². The van der Waals surface area contributed by atoms with E-state index in [2.05, 4.69) is 4.90 Å². The molecule has 0 aromatic heterocycles. The van der Waals surface area contributed by atoms with Crippen LogP contribution in [0.4, 0.5) is 15.8 Å². The minimum absolute atomic E-state index is 0.196. The van der Waals surface area contributed by atoms with Crippen molar-refractivity contribution in [1.29, 1.82) is 0 Å². The first-order valence-corrected chi connectivity index (χ1v) is 7.49. The molecule has 2 fully saturated rings. The summed E-state index contributed by atoms with van der Waals surface area (Å²) in [6, 6.07) is 4.03. The number of hydrogen-bond donors (Lipinski definition) is 1. The van der Waals surface area contributed by atoms with Gasteiger partial charge in [-0.1, -0.05) is 12.8 Å². The van der Waals surface area contributed by atoms with Gasteiger partial charge >= 0.3 is 0 Å². The lowest BCUT2D eigenvalue weighted by Crippen LogP contribution is -2.35. The Hall–Kier alpha value is -1.25. The summed E-state index contributed by atoms with van der Waals surface area (Å²) in [5, 5.41) is 0. The van der Waals surface area contributed by atoms with Crippen LogP contribution in [0.1, 0.15) is 44.1 Å². The monoisotopic (exact) mass is 262 g/mol. The Labute approximate surface area is 114 Å². The van der Waals surface area contributed by atoms with E-state index >= 15 is 0 Å². The van der Waals surface area contributed by atoms with Crippen LogP contribution in [0.2, 0.25) is 0 Å². The molecule has 1 unspecified atom stereocenters. The highest BCUT2D eigenvalue weighted by molar-refractivity contribution is 5.69. The number of nitrogens with zero attached hydrogens (tertiary/aromatic N) is 1. The van der Waals surface area contributed by atoms with Gasteiger partial charge in [-0.15, -0.1) is 0 Å². The Morgan fingerprint density at radius 1 is 1.16 bits per heavy atom. The third kappa shape index (κ3) is 2.31. The van der Waals surface area contributed by atoms with Crippen molar-refractivity contribution in [3.63, 3.8) is 0 Å². The predicted octanol–water partition coefficient (Wildman–Crippen LogP) is 3.88. The Morgan fingerprint density at radius 2 is 1.89 bits per heavy atom. The molecule has 2 aliphatic rings. The molecule has 0 amide bonds. The first kappa shape index (κ1) is 12.8. The molecular weight excluding hydrogens is 239 g/mol. The standard InChI is InChI=1S/C16H23FN2/c1-11-9-16(14(18)10-13(11)17)19-8-4-7-15(19)12-5-2-3-6-12/h9-10,12,15H,2-8,18H2,1H3. The Bertz CT molecular complexity index is 466. The molecule has 1 heterocycles. The third-order valence-corrected chi connectivity index (χ3v) is 4.86. The van der Waals surface area contributed by atoms with Crippen molar-refractivity contribution < 1.29 is 4.39 Å². The zero-order valence-corrected chi connectivity index (χ0v) is 11.7. The van der Waals surface area contributed by atoms with Gasteiger partial charge in [0.05, 0.1) is 11.4 Å². The highest BCUT2D eigenvalue weighted by Gasteiger charge is 2.34. The van der Waals surface area contributed by atoms with Crippen LogP contribution in [0.15, 0.2) is 12.1 Å². The Kier molecular flexibility index (Phi) is 3.38. The SMILES string of the molecule is Cc1cc(N2CCCC2C2CCCC2)c(N)cc1F. The Morgan fingerprint density at radius 3 is 2.63 bits per heavy atom. The number of hydrogen-bond acceptors (Lipinski definition) is 2. The maximum atomic E-state index is 13.5. The number of rotatable bonds is 2. The molecule has 19 heavy (non-hydrogen) atoms. The second kappa shape index (κ2) is 5.03. The fourth-order valence-electron chi connectivity index (χ4n) is 3.85. The van der Waals surface area contributed by atoms with Crippen molar-refractivity contribution in [1.82, 2.24) is 0 Å². The number of anilines is 2. The van der Waals surface area contributed by atoms with Gasteiger partial charge in [0.15, 0.2) is 0 Å². The van der Waals surface area contributed by atoms with Crippen LogP contribution in [-0.4, -0.2) is 12.6 Å². The topological polar surface area (TPSA) is 29.3 Å². The van der Waals surface area contributed by atoms with E-state index in [9.17, 15) is 4.39 Å². The molecule has 104 valence electrons. The van der Waals surface area contributed by atoms with Gasteiger partial charge in [0, 0.05) is 12.6 Å². The summed E-state index contributed by atoms with van der Waals surface area (Å²) in [6.07, 6.45) is 7.93. The van der Waals surface area contributed by atoms with E-state index in [4.69, 9.17) is 5.73 Å². The van der Waals surface area contributed by atoms with Gasteiger partial charge in [0.25, 0.3) is 0 Å². The van der Waals surface area contributed by atoms with E-state index in [0.29, 0.717) is 17.3 Å². The molecule has 1 aromatic carbocycles. The van der Waals surface area contributed by atoms with Gasteiger partial charge in [0.2, 0.25) is 0 Å². The van der Waals surface area contributed by atoms with Gasteiger partial charge in [0.1, 0.15) is 5.82 Å². The van der Waals surface area contributed by atoms with E-state index in [1.54, 1.807) is 0 Å². The van der Waals surface area contributed by atoms with Gasteiger partial charge in [-0.05, 0) is 56.2 Å². The summed E-state index contributed by atoms with van der Waals surface area (Å²) < 4.78 is 13.5. The average molecular weight is 262 g/mol. The number of halogens is 1. The van der Waals surface area contributed by atoms with Gasteiger partial charge in [-0.2, -0.15) is 0 Å². The van der Waals surface area contributed by atoms with Gasteiger partial charge < -0.3 is 10.6 Å². The molecule has 1 saturated carbocycles. The van der Waals surface area contributed by atoms with Crippen LogP contribution in [0, 0.1) is 18.7 Å². The van der Waals surface area contributed by atoms with Crippen molar-refractivity contribution in [3.8, 4) is 0 Å². The average Bonchev–Trinajstić information content (AvgIpc) is 3.03. The van der Waals surface area contributed by atoms with Crippen LogP contribution in [0.3, 0.4) is 0 Å². The Balaban J connectivity index is 1.89. The minimum atomic E-state index is -0.196. The second-order valence-corrected chi connectivity index (χ2v) is 6.11. The van der Waals surface area contributed by atoms with Crippen LogP contribution in [-0.2, 0) is 0 Å². The third-order valence-electron chi connectivity index (χ3n) is 4.86. The van der Waals surface area contributed by atoms with Gasteiger partial charge in [-0.25, -0.2) is 4.39 Å². The smallest absolute Gasteiger partial charge is 0.128 e. The molecule has 2 nitrogen and oxygen atoms in total. The minimum Gasteiger partial charge on any atom is -0.397 e. The zero-order valence-electron chi connectivity index (χ0n) is 11.7. The molecular formula is C16H23FN2. The highest BCUT2D eigenvalue weighted by atomic mass is 19.1. The van der Waals surface area contributed by atoms with E-state index in [1.165, 1.54) is 44.6 Å². The largest absolute Gasteiger partial charge is 0.397 e. The van der Waals surface area contributed by atoms with Crippen molar-refractivity contribution in [2.75, 3.05) is 17.2 Å². The van der Waals surface area contributed by atoms with E-state index < -0.39 is 0 Å². The molecule has 1 aliphatic carbocycles. The summed E-state index contributed by atoms with van der Waals surface area (Å²) in [5.41, 5.74) is 8.39. The van der Waals surface area contributed by atoms with Crippen LogP contribution in [0.25, 0.3) is 0 Å². The summed E-state index contributed by atoms with van der Waals surface area (Å²) in [7, 11) is 0.